The largest absolute Gasteiger partial charge is 0.373 e. The quantitative estimate of drug-likeness (QED) is 0.839. The molecular weight excluding hydrogens is 319 g/mol. The van der Waals surface area contributed by atoms with Crippen molar-refractivity contribution in [3.63, 3.8) is 0 Å². The third-order valence-electron chi connectivity index (χ3n) is 5.22. The SMILES string of the molecule is C[C@H]1CN(CC2CCN(C(=O)Cc3cccc(F)c3)CC2)C[C@H](C)O1. The number of hydrogen-bond donors (Lipinski definition) is 0. The smallest absolute Gasteiger partial charge is 0.226 e. The Balaban J connectivity index is 1.44. The van der Waals surface area contributed by atoms with Crippen LogP contribution >= 0.6 is 0 Å². The number of piperidine rings is 1. The summed E-state index contributed by atoms with van der Waals surface area (Å²) < 4.78 is 19.0. The van der Waals surface area contributed by atoms with Gasteiger partial charge in [-0.1, -0.05) is 12.1 Å². The second kappa shape index (κ2) is 8.28. The van der Waals surface area contributed by atoms with Crippen LogP contribution in [-0.4, -0.2) is 60.6 Å². The van der Waals surface area contributed by atoms with E-state index in [0.29, 0.717) is 24.5 Å². The normalized spacial score (nSPS) is 26.0. The topological polar surface area (TPSA) is 32.8 Å². The molecule has 25 heavy (non-hydrogen) atoms. The highest BCUT2D eigenvalue weighted by Gasteiger charge is 2.27. The number of amides is 1. The summed E-state index contributed by atoms with van der Waals surface area (Å²) in [6.07, 6.45) is 3.00. The van der Waals surface area contributed by atoms with Crippen LogP contribution in [-0.2, 0) is 16.0 Å². The van der Waals surface area contributed by atoms with E-state index in [2.05, 4.69) is 18.7 Å². The molecule has 2 saturated heterocycles. The van der Waals surface area contributed by atoms with Crippen molar-refractivity contribution in [1.29, 1.82) is 0 Å². The van der Waals surface area contributed by atoms with Gasteiger partial charge in [0.1, 0.15) is 5.82 Å². The molecule has 0 N–H and O–H groups in total. The van der Waals surface area contributed by atoms with Crippen LogP contribution in [0.15, 0.2) is 24.3 Å². The molecule has 0 unspecified atom stereocenters. The van der Waals surface area contributed by atoms with E-state index in [-0.39, 0.29) is 11.7 Å². The van der Waals surface area contributed by atoms with Crippen LogP contribution in [0.2, 0.25) is 0 Å². The van der Waals surface area contributed by atoms with E-state index in [4.69, 9.17) is 4.74 Å². The van der Waals surface area contributed by atoms with Crippen LogP contribution < -0.4 is 0 Å². The first-order valence-electron chi connectivity index (χ1n) is 9.39. The lowest BCUT2D eigenvalue weighted by Crippen LogP contribution is -2.48. The summed E-state index contributed by atoms with van der Waals surface area (Å²) in [4.78, 5) is 16.9. The average molecular weight is 348 g/mol. The number of nitrogens with zero attached hydrogens (tertiary/aromatic N) is 2. The third kappa shape index (κ3) is 5.25. The lowest BCUT2D eigenvalue weighted by molar-refractivity contribution is -0.132. The Kier molecular flexibility index (Phi) is 6.07. The van der Waals surface area contributed by atoms with Gasteiger partial charge in [0.25, 0.3) is 0 Å². The first-order valence-corrected chi connectivity index (χ1v) is 9.39. The van der Waals surface area contributed by atoms with E-state index < -0.39 is 0 Å². The van der Waals surface area contributed by atoms with Crippen molar-refractivity contribution in [3.05, 3.63) is 35.6 Å². The molecule has 0 radical (unpaired) electrons. The number of rotatable bonds is 4. The van der Waals surface area contributed by atoms with Crippen LogP contribution in [0.3, 0.4) is 0 Å². The number of likely N-dealkylation sites (tertiary alicyclic amines) is 1. The Hall–Kier alpha value is -1.46. The van der Waals surface area contributed by atoms with E-state index in [9.17, 15) is 9.18 Å². The van der Waals surface area contributed by atoms with Crippen LogP contribution in [0, 0.1) is 11.7 Å². The highest BCUT2D eigenvalue weighted by molar-refractivity contribution is 5.78. The van der Waals surface area contributed by atoms with Crippen LogP contribution in [0.4, 0.5) is 4.39 Å². The van der Waals surface area contributed by atoms with Crippen molar-refractivity contribution in [2.45, 2.75) is 45.3 Å². The summed E-state index contributed by atoms with van der Waals surface area (Å²) >= 11 is 0. The van der Waals surface area contributed by atoms with Gasteiger partial charge < -0.3 is 9.64 Å². The van der Waals surface area contributed by atoms with Gasteiger partial charge in [-0.3, -0.25) is 9.69 Å². The van der Waals surface area contributed by atoms with Gasteiger partial charge in [0.2, 0.25) is 5.91 Å². The fourth-order valence-corrected chi connectivity index (χ4v) is 4.10. The fourth-order valence-electron chi connectivity index (χ4n) is 4.10. The Labute approximate surface area is 149 Å². The predicted molar refractivity (Wildman–Crippen MR) is 95.9 cm³/mol. The molecule has 0 spiro atoms. The number of carbonyl (C=O) groups excluding carboxylic acids is 1. The van der Waals surface area contributed by atoms with Gasteiger partial charge in [0, 0.05) is 32.7 Å². The summed E-state index contributed by atoms with van der Waals surface area (Å²) in [5, 5.41) is 0. The first-order chi connectivity index (χ1) is 12.0. The summed E-state index contributed by atoms with van der Waals surface area (Å²) in [7, 11) is 0. The number of ether oxygens (including phenoxy) is 1. The fraction of sp³-hybridized carbons (Fsp3) is 0.650. The molecule has 4 nitrogen and oxygen atoms in total. The van der Waals surface area contributed by atoms with Crippen molar-refractivity contribution in [2.24, 2.45) is 5.92 Å². The molecule has 138 valence electrons. The Bertz CT molecular complexity index is 577. The minimum atomic E-state index is -0.280. The van der Waals surface area contributed by atoms with Gasteiger partial charge in [-0.15, -0.1) is 0 Å². The Morgan fingerprint density at radius 2 is 1.88 bits per heavy atom. The third-order valence-corrected chi connectivity index (χ3v) is 5.22. The highest BCUT2D eigenvalue weighted by atomic mass is 19.1. The minimum absolute atomic E-state index is 0.109. The maximum absolute atomic E-state index is 13.3. The van der Waals surface area contributed by atoms with Crippen molar-refractivity contribution in [1.82, 2.24) is 9.80 Å². The Morgan fingerprint density at radius 1 is 1.20 bits per heavy atom. The monoisotopic (exact) mass is 348 g/mol. The molecular formula is C20H29FN2O2. The highest BCUT2D eigenvalue weighted by Crippen LogP contribution is 2.21. The molecule has 0 bridgehead atoms. The average Bonchev–Trinajstić information content (AvgIpc) is 2.54. The Morgan fingerprint density at radius 3 is 2.52 bits per heavy atom. The van der Waals surface area contributed by atoms with Crippen molar-refractivity contribution < 1.29 is 13.9 Å². The van der Waals surface area contributed by atoms with Gasteiger partial charge in [-0.25, -0.2) is 4.39 Å². The molecule has 2 fully saturated rings. The number of hydrogen-bond acceptors (Lipinski definition) is 3. The molecule has 2 heterocycles. The van der Waals surface area contributed by atoms with Crippen LogP contribution in [0.1, 0.15) is 32.3 Å². The molecule has 2 aliphatic heterocycles. The minimum Gasteiger partial charge on any atom is -0.373 e. The van der Waals surface area contributed by atoms with Crippen molar-refractivity contribution >= 4 is 5.91 Å². The van der Waals surface area contributed by atoms with Gasteiger partial charge in [-0.2, -0.15) is 0 Å². The predicted octanol–water partition coefficient (Wildman–Crippen LogP) is 2.72. The summed E-state index contributed by atoms with van der Waals surface area (Å²) in [6.45, 7) is 9.01. The molecule has 0 saturated carbocycles. The van der Waals surface area contributed by atoms with E-state index >= 15 is 0 Å². The maximum Gasteiger partial charge on any atom is 0.226 e. The zero-order valence-corrected chi connectivity index (χ0v) is 15.3. The van der Waals surface area contributed by atoms with Crippen molar-refractivity contribution in [2.75, 3.05) is 32.7 Å². The molecule has 5 heteroatoms. The summed E-state index contributed by atoms with van der Waals surface area (Å²) in [6, 6.07) is 6.33. The number of benzene rings is 1. The lowest BCUT2D eigenvalue weighted by Gasteiger charge is -2.39. The summed E-state index contributed by atoms with van der Waals surface area (Å²) in [5.41, 5.74) is 0.753. The maximum atomic E-state index is 13.3. The number of carbonyl (C=O) groups is 1. The molecule has 1 aromatic carbocycles. The van der Waals surface area contributed by atoms with Gasteiger partial charge in [-0.05, 0) is 50.3 Å². The van der Waals surface area contributed by atoms with E-state index in [1.165, 1.54) is 12.1 Å². The molecule has 2 aliphatic rings. The standard InChI is InChI=1S/C20H29FN2O2/c1-15-12-22(13-16(2)25-15)14-17-6-8-23(9-7-17)20(24)11-18-4-3-5-19(21)10-18/h3-5,10,15-17H,6-9,11-14H2,1-2H3/t15-,16-/m0/s1. The molecule has 1 aromatic rings. The number of morpholine rings is 1. The van der Waals surface area contributed by atoms with Gasteiger partial charge in [0.05, 0.1) is 18.6 Å². The first kappa shape index (κ1) is 18.3. The molecule has 0 aliphatic carbocycles. The van der Waals surface area contributed by atoms with E-state index in [0.717, 1.165) is 51.1 Å². The van der Waals surface area contributed by atoms with Gasteiger partial charge in [0.15, 0.2) is 0 Å². The molecule has 0 aromatic heterocycles. The molecule has 2 atom stereocenters. The van der Waals surface area contributed by atoms with Crippen molar-refractivity contribution in [3.8, 4) is 0 Å². The second-order valence-electron chi connectivity index (χ2n) is 7.61. The lowest BCUT2D eigenvalue weighted by atomic mass is 9.95. The van der Waals surface area contributed by atoms with Gasteiger partial charge >= 0.3 is 0 Å². The van der Waals surface area contributed by atoms with Crippen LogP contribution in [0.25, 0.3) is 0 Å². The van der Waals surface area contributed by atoms with E-state index in [1.54, 1.807) is 6.07 Å². The van der Waals surface area contributed by atoms with Crippen LogP contribution in [0.5, 0.6) is 0 Å². The zero-order valence-electron chi connectivity index (χ0n) is 15.3. The number of halogens is 1. The van der Waals surface area contributed by atoms with E-state index in [1.807, 2.05) is 11.0 Å². The zero-order chi connectivity index (χ0) is 17.8. The molecule has 3 rings (SSSR count). The summed E-state index contributed by atoms with van der Waals surface area (Å²) in [5.74, 6) is 0.478. The second-order valence-corrected chi connectivity index (χ2v) is 7.61. The molecule has 1 amide bonds.